The number of nitrogens with zero attached hydrogens (tertiary/aromatic N) is 4. The number of unbranched alkanes of at least 4 members (excludes halogenated alkanes) is 1. The quantitative estimate of drug-likeness (QED) is 0.0321. The Labute approximate surface area is 379 Å². The van der Waals surface area contributed by atoms with Crippen LogP contribution in [0.4, 0.5) is 5.82 Å². The topological polar surface area (TPSA) is 364 Å². The van der Waals surface area contributed by atoms with E-state index in [4.69, 9.17) is 19.5 Å². The average Bonchev–Trinajstić information content (AvgIpc) is 3.79. The van der Waals surface area contributed by atoms with Gasteiger partial charge in [-0.2, -0.15) is 4.31 Å². The Hall–Kier alpha value is -3.48. The van der Waals surface area contributed by atoms with Crippen LogP contribution >= 0.6 is 35.2 Å². The summed E-state index contributed by atoms with van der Waals surface area (Å²) in [7, 11) is -16.4. The van der Waals surface area contributed by atoms with Crippen molar-refractivity contribution in [2.75, 3.05) is 37.8 Å². The Morgan fingerprint density at radius 2 is 1.58 bits per heavy atom. The van der Waals surface area contributed by atoms with Crippen LogP contribution in [-0.2, 0) is 50.7 Å². The second kappa shape index (κ2) is 26.8. The number of aliphatic hydroxyl groups excluding tert-OH is 2. The molecular weight excluding hydrogens is 939 g/mol. The van der Waals surface area contributed by atoms with Crippen molar-refractivity contribution in [1.29, 1.82) is 0 Å². The minimum atomic E-state index is -5.58. The number of nitrogens with one attached hydrogen (secondary N) is 2. The molecule has 0 spiro atoms. The van der Waals surface area contributed by atoms with Crippen LogP contribution in [0.25, 0.3) is 11.2 Å². The number of aromatic nitrogens is 4. The van der Waals surface area contributed by atoms with Gasteiger partial charge in [-0.25, -0.2) is 28.6 Å². The molecule has 2 aromatic heterocycles. The number of carbonyl (C=O) groups excluding carboxylic acids is 3. The van der Waals surface area contributed by atoms with E-state index in [1.807, 2.05) is 12.2 Å². The summed E-state index contributed by atoms with van der Waals surface area (Å²) in [5, 5.41) is 26.5. The average molecular weight is 998 g/mol. The maximum atomic E-state index is 12.7. The second-order valence-corrected chi connectivity index (χ2v) is 20.2. The fourth-order valence-electron chi connectivity index (χ4n) is 5.67. The summed E-state index contributed by atoms with van der Waals surface area (Å²) >= 11 is 1.08. The first kappa shape index (κ1) is 55.8. The van der Waals surface area contributed by atoms with Crippen LogP contribution in [0.3, 0.4) is 0 Å². The van der Waals surface area contributed by atoms with E-state index in [0.29, 0.717) is 5.75 Å². The minimum absolute atomic E-state index is 0.0296. The van der Waals surface area contributed by atoms with Crippen molar-refractivity contribution < 1.29 is 80.5 Å². The molecule has 1 fully saturated rings. The van der Waals surface area contributed by atoms with Crippen LogP contribution in [0, 0.1) is 5.41 Å². The number of nitrogens with two attached hydrogens (primary N) is 1. The normalized spacial score (nSPS) is 20.8. The summed E-state index contributed by atoms with van der Waals surface area (Å²) in [5.74, 6) is -1.12. The number of imidazole rings is 1. The highest BCUT2D eigenvalue weighted by atomic mass is 32.2. The van der Waals surface area contributed by atoms with Gasteiger partial charge in [0.2, 0.25) is 11.8 Å². The first-order chi connectivity index (χ1) is 30.6. The fraction of sp³-hybridized carbons (Fsp3) is 0.568. The van der Waals surface area contributed by atoms with Crippen LogP contribution in [0.2, 0.25) is 0 Å². The van der Waals surface area contributed by atoms with Gasteiger partial charge in [0.1, 0.15) is 36.3 Å². The molecule has 0 aromatic carbocycles. The molecule has 0 aliphatic carbocycles. The van der Waals surface area contributed by atoms with Gasteiger partial charge in [0.25, 0.3) is 0 Å². The van der Waals surface area contributed by atoms with Crippen molar-refractivity contribution in [3.8, 4) is 0 Å². The largest absolute Gasteiger partial charge is 0.481 e. The predicted molar refractivity (Wildman–Crippen MR) is 237 cm³/mol. The monoisotopic (exact) mass is 997 g/mol. The predicted octanol–water partition coefficient (Wildman–Crippen LogP) is 3.25. The Bertz CT molecular complexity index is 2150. The number of thioether (sulfide) groups is 1. The SMILES string of the molecule is CC/C=C\C/C=C\C/C=C\CC/C=C/CC(=O)SCCNC(=O)CCNC(=O)[C@H](O)C(C)(C)COP(=O)(O)OP(=O)(O)OC[C@H]1O[C@@H](n2cnc3c(N)ncnc32)[C@H](O)[C@@H]1OP(=O)(O)O. The van der Waals surface area contributed by atoms with Gasteiger partial charge >= 0.3 is 23.5 Å². The number of phosphoric acid groups is 3. The lowest BCUT2D eigenvalue weighted by Crippen LogP contribution is -2.46. The first-order valence-electron chi connectivity index (χ1n) is 20.2. The van der Waals surface area contributed by atoms with Crippen molar-refractivity contribution in [2.45, 2.75) is 96.4 Å². The molecule has 65 heavy (non-hydrogen) atoms. The highest BCUT2D eigenvalue weighted by Crippen LogP contribution is 2.61. The summed E-state index contributed by atoms with van der Waals surface area (Å²) in [5.41, 5.74) is 4.26. The molecule has 2 amide bonds. The molecular formula is C37H58N7O17P3S. The molecule has 0 bridgehead atoms. The van der Waals surface area contributed by atoms with Gasteiger partial charge in [-0.15, -0.1) is 0 Å². The van der Waals surface area contributed by atoms with E-state index in [0.717, 1.165) is 61.1 Å². The molecule has 10 N–H and O–H groups in total. The first-order valence-corrected chi connectivity index (χ1v) is 25.7. The Morgan fingerprint density at radius 1 is 0.938 bits per heavy atom. The second-order valence-electron chi connectivity index (χ2n) is 14.8. The molecule has 2 unspecified atom stereocenters. The molecule has 3 rings (SSSR count). The van der Waals surface area contributed by atoms with Crippen molar-refractivity contribution >= 4 is 69.1 Å². The minimum Gasteiger partial charge on any atom is -0.386 e. The van der Waals surface area contributed by atoms with Gasteiger partial charge in [-0.1, -0.05) is 81.1 Å². The standard InChI is InChI=1S/C37H58N7O17P3S/c1-4-5-6-7-8-9-10-11-12-13-14-15-16-17-28(46)65-21-20-39-27(45)18-19-40-35(49)32(48)37(2,3)23-58-64(55,56)61-63(53,54)57-22-26-31(60-62(50,51)52)30(47)36(59-26)44-25-43-29-33(38)41-24-42-34(29)44/h5-6,8-9,11-12,15-16,24-26,30-32,36,47-48H,4,7,10,13-14,17-23H2,1-3H3,(H,39,45)(H,40,49)(H,53,54)(H,55,56)(H2,38,41,42)(H2,50,51,52)/b6-5-,9-8-,12-11-,16-15+/t26-,30-,31-,32+,36-/m1/s1. The van der Waals surface area contributed by atoms with E-state index in [1.165, 1.54) is 13.8 Å². The number of amides is 2. The van der Waals surface area contributed by atoms with Gasteiger partial charge in [0.15, 0.2) is 22.8 Å². The lowest BCUT2D eigenvalue weighted by Gasteiger charge is -2.30. The van der Waals surface area contributed by atoms with E-state index >= 15 is 0 Å². The lowest BCUT2D eigenvalue weighted by atomic mass is 9.87. The number of fused-ring (bicyclic) bond motifs is 1. The van der Waals surface area contributed by atoms with E-state index in [2.05, 4.69) is 77.8 Å². The molecule has 2 aromatic rings. The van der Waals surface area contributed by atoms with Crippen LogP contribution < -0.4 is 16.4 Å². The third-order valence-electron chi connectivity index (χ3n) is 9.00. The summed E-state index contributed by atoms with van der Waals surface area (Å²) in [6.07, 6.45) is 14.4. The number of ether oxygens (including phenoxy) is 1. The summed E-state index contributed by atoms with van der Waals surface area (Å²) < 4.78 is 62.3. The summed E-state index contributed by atoms with van der Waals surface area (Å²) in [6, 6.07) is 0. The number of allylic oxidation sites excluding steroid dienone is 8. The zero-order chi connectivity index (χ0) is 48.3. The molecule has 0 saturated carbocycles. The van der Waals surface area contributed by atoms with Crippen LogP contribution in [0.1, 0.15) is 71.9 Å². The van der Waals surface area contributed by atoms with Gasteiger partial charge < -0.3 is 50.9 Å². The number of anilines is 1. The van der Waals surface area contributed by atoms with Crippen molar-refractivity contribution in [1.82, 2.24) is 30.2 Å². The highest BCUT2D eigenvalue weighted by Gasteiger charge is 2.50. The van der Waals surface area contributed by atoms with Crippen molar-refractivity contribution in [3.05, 3.63) is 61.3 Å². The van der Waals surface area contributed by atoms with Crippen LogP contribution in [-0.4, -0.2) is 123 Å². The number of nitrogen functional groups attached to an aromatic ring is 1. The third kappa shape index (κ3) is 20.1. The maximum absolute atomic E-state index is 12.7. The van der Waals surface area contributed by atoms with Crippen LogP contribution in [0.5, 0.6) is 0 Å². The molecule has 3 heterocycles. The zero-order valence-corrected chi connectivity index (χ0v) is 39.4. The van der Waals surface area contributed by atoms with E-state index in [1.54, 1.807) is 0 Å². The number of aliphatic hydroxyl groups is 2. The summed E-state index contributed by atoms with van der Waals surface area (Å²) in [4.78, 5) is 88.1. The maximum Gasteiger partial charge on any atom is 0.481 e. The Morgan fingerprint density at radius 3 is 2.26 bits per heavy atom. The molecule has 0 radical (unpaired) electrons. The Balaban J connectivity index is 1.36. The van der Waals surface area contributed by atoms with E-state index in [-0.39, 0.29) is 48.0 Å². The van der Waals surface area contributed by atoms with Gasteiger partial charge in [0, 0.05) is 37.1 Å². The molecule has 28 heteroatoms. The zero-order valence-electron chi connectivity index (χ0n) is 35.9. The smallest absolute Gasteiger partial charge is 0.386 e. The molecule has 24 nitrogen and oxygen atoms in total. The number of hydrogen-bond acceptors (Lipinski definition) is 18. The molecule has 1 saturated heterocycles. The van der Waals surface area contributed by atoms with E-state index in [9.17, 15) is 57.9 Å². The number of rotatable bonds is 29. The number of hydrogen-bond donors (Lipinski definition) is 9. The number of carbonyl (C=O) groups is 3. The lowest BCUT2D eigenvalue weighted by molar-refractivity contribution is -0.137. The Kier molecular flexibility index (Phi) is 23.0. The van der Waals surface area contributed by atoms with E-state index < -0.39 is 84.6 Å². The van der Waals surface area contributed by atoms with Crippen molar-refractivity contribution in [2.24, 2.45) is 5.41 Å². The molecule has 7 atom stereocenters. The molecule has 1 aliphatic rings. The van der Waals surface area contributed by atoms with Crippen molar-refractivity contribution in [3.63, 3.8) is 0 Å². The van der Waals surface area contributed by atoms with Gasteiger partial charge in [-0.3, -0.25) is 32.5 Å². The fourth-order valence-corrected chi connectivity index (χ4v) is 9.15. The molecule has 1 aliphatic heterocycles. The molecule has 364 valence electrons. The highest BCUT2D eigenvalue weighted by molar-refractivity contribution is 8.13. The van der Waals surface area contributed by atoms with Crippen LogP contribution in [0.15, 0.2) is 61.3 Å². The third-order valence-corrected chi connectivity index (χ3v) is 13.0. The summed E-state index contributed by atoms with van der Waals surface area (Å²) in [6.45, 7) is 2.58. The van der Waals surface area contributed by atoms with Gasteiger partial charge in [-0.05, 0) is 32.1 Å². The van der Waals surface area contributed by atoms with Gasteiger partial charge in [0.05, 0.1) is 19.5 Å². The number of phosphoric ester groups is 3.